The molecule has 0 atom stereocenters. The zero-order valence-electron chi connectivity index (χ0n) is 16.5. The van der Waals surface area contributed by atoms with Crippen molar-refractivity contribution in [3.63, 3.8) is 0 Å². The Labute approximate surface area is 169 Å². The number of aryl methyl sites for hydroxylation is 2. The van der Waals surface area contributed by atoms with Crippen LogP contribution >= 0.6 is 0 Å². The van der Waals surface area contributed by atoms with Crippen LogP contribution in [0.25, 0.3) is 10.8 Å². The fourth-order valence-corrected chi connectivity index (χ4v) is 3.51. The number of pyridine rings is 1. The maximum atomic E-state index is 13.0. The molecule has 0 spiro atoms. The van der Waals surface area contributed by atoms with Gasteiger partial charge in [-0.1, -0.05) is 60.2 Å². The van der Waals surface area contributed by atoms with Gasteiger partial charge in [0.1, 0.15) is 5.56 Å². The molecule has 1 aromatic heterocycles. The minimum Gasteiger partial charge on any atom is -0.321 e. The largest absolute Gasteiger partial charge is 0.321 e. The van der Waals surface area contributed by atoms with Crippen molar-refractivity contribution in [1.82, 2.24) is 4.57 Å². The number of amides is 1. The van der Waals surface area contributed by atoms with Crippen molar-refractivity contribution in [1.29, 1.82) is 0 Å². The number of aromatic nitrogens is 1. The van der Waals surface area contributed by atoms with Crippen LogP contribution in [0.2, 0.25) is 0 Å². The van der Waals surface area contributed by atoms with Gasteiger partial charge in [-0.2, -0.15) is 0 Å². The highest BCUT2D eigenvalue weighted by molar-refractivity contribution is 6.08. The van der Waals surface area contributed by atoms with Crippen LogP contribution in [0.5, 0.6) is 0 Å². The fraction of sp³-hybridized carbons (Fsp3) is 0.120. The maximum Gasteiger partial charge on any atom is 0.263 e. The average molecular weight is 382 g/mol. The molecule has 4 rings (SSSR count). The summed E-state index contributed by atoms with van der Waals surface area (Å²) >= 11 is 0. The molecule has 4 nitrogen and oxygen atoms in total. The van der Waals surface area contributed by atoms with Crippen molar-refractivity contribution >= 4 is 22.4 Å². The van der Waals surface area contributed by atoms with E-state index in [2.05, 4.69) is 17.4 Å². The molecular weight excluding hydrogens is 360 g/mol. The van der Waals surface area contributed by atoms with Gasteiger partial charge in [-0.15, -0.1) is 0 Å². The van der Waals surface area contributed by atoms with Crippen LogP contribution in [0.1, 0.15) is 27.0 Å². The molecule has 1 N–H and O–H groups in total. The average Bonchev–Trinajstić information content (AvgIpc) is 2.72. The lowest BCUT2D eigenvalue weighted by atomic mass is 10.1. The third kappa shape index (κ3) is 3.83. The van der Waals surface area contributed by atoms with E-state index < -0.39 is 5.91 Å². The molecule has 0 fully saturated rings. The van der Waals surface area contributed by atoms with Crippen molar-refractivity contribution in [3.8, 4) is 0 Å². The van der Waals surface area contributed by atoms with Gasteiger partial charge in [-0.05, 0) is 48.6 Å². The summed E-state index contributed by atoms with van der Waals surface area (Å²) in [6.07, 6.45) is 1.72. The van der Waals surface area contributed by atoms with Gasteiger partial charge in [0.2, 0.25) is 0 Å². The van der Waals surface area contributed by atoms with Crippen molar-refractivity contribution in [3.05, 3.63) is 112 Å². The Morgan fingerprint density at radius 1 is 0.931 bits per heavy atom. The quantitative estimate of drug-likeness (QED) is 0.545. The second-order valence-corrected chi connectivity index (χ2v) is 7.27. The highest BCUT2D eigenvalue weighted by Crippen LogP contribution is 2.23. The molecule has 29 heavy (non-hydrogen) atoms. The number of benzene rings is 3. The third-order valence-electron chi connectivity index (χ3n) is 5.15. The van der Waals surface area contributed by atoms with E-state index >= 15 is 0 Å². The first-order valence-corrected chi connectivity index (χ1v) is 9.57. The summed E-state index contributed by atoms with van der Waals surface area (Å²) in [4.78, 5) is 25.8. The van der Waals surface area contributed by atoms with E-state index in [0.717, 1.165) is 27.5 Å². The second-order valence-electron chi connectivity index (χ2n) is 7.27. The molecule has 0 bridgehead atoms. The minimum absolute atomic E-state index is 0.130. The Bertz CT molecular complexity index is 1270. The van der Waals surface area contributed by atoms with Gasteiger partial charge in [0, 0.05) is 17.3 Å². The maximum absolute atomic E-state index is 13.0. The predicted molar refractivity (Wildman–Crippen MR) is 118 cm³/mol. The van der Waals surface area contributed by atoms with Crippen molar-refractivity contribution in [2.24, 2.45) is 0 Å². The molecule has 0 radical (unpaired) electrons. The molecule has 0 aliphatic heterocycles. The summed E-state index contributed by atoms with van der Waals surface area (Å²) in [5.41, 5.74) is 3.85. The summed E-state index contributed by atoms with van der Waals surface area (Å²) in [6, 6.07) is 23.0. The van der Waals surface area contributed by atoms with Crippen molar-refractivity contribution in [2.75, 3.05) is 5.32 Å². The van der Waals surface area contributed by atoms with Crippen LogP contribution in [0.3, 0.4) is 0 Å². The summed E-state index contributed by atoms with van der Waals surface area (Å²) < 4.78 is 1.58. The number of rotatable bonds is 4. The highest BCUT2D eigenvalue weighted by Gasteiger charge is 2.14. The molecule has 0 aliphatic rings. The number of hydrogen-bond acceptors (Lipinski definition) is 2. The minimum atomic E-state index is -0.401. The zero-order chi connectivity index (χ0) is 20.4. The normalized spacial score (nSPS) is 10.8. The molecule has 1 amide bonds. The lowest BCUT2D eigenvalue weighted by Gasteiger charge is -2.12. The van der Waals surface area contributed by atoms with E-state index in [-0.39, 0.29) is 11.1 Å². The highest BCUT2D eigenvalue weighted by atomic mass is 16.2. The summed E-state index contributed by atoms with van der Waals surface area (Å²) in [6.45, 7) is 4.48. The molecule has 144 valence electrons. The number of carbonyl (C=O) groups is 1. The van der Waals surface area contributed by atoms with E-state index in [9.17, 15) is 9.59 Å². The van der Waals surface area contributed by atoms with E-state index in [1.807, 2.05) is 62.4 Å². The van der Waals surface area contributed by atoms with Crippen LogP contribution in [-0.4, -0.2) is 10.5 Å². The summed E-state index contributed by atoms with van der Waals surface area (Å²) in [7, 11) is 0. The van der Waals surface area contributed by atoms with E-state index in [0.29, 0.717) is 12.2 Å². The number of nitrogens with zero attached hydrogens (tertiary/aromatic N) is 1. The Morgan fingerprint density at radius 3 is 2.59 bits per heavy atom. The second kappa shape index (κ2) is 7.76. The van der Waals surface area contributed by atoms with Crippen LogP contribution in [0.15, 0.2) is 83.8 Å². The Balaban J connectivity index is 1.65. The number of hydrogen-bond donors (Lipinski definition) is 1. The number of nitrogens with one attached hydrogen (secondary N) is 1. The molecule has 4 heteroatoms. The SMILES string of the molecule is Cc1ccc(C)c(Cn2cccc(C(=O)Nc3cccc4ccccc34)c2=O)c1. The van der Waals surface area contributed by atoms with Crippen LogP contribution < -0.4 is 10.9 Å². The standard InChI is InChI=1S/C25H22N2O2/c1-17-12-13-18(2)20(15-17)16-27-14-6-10-22(25(27)29)24(28)26-23-11-5-8-19-7-3-4-9-21(19)23/h3-15H,16H2,1-2H3,(H,26,28). The smallest absolute Gasteiger partial charge is 0.263 e. The molecular formula is C25H22N2O2. The number of fused-ring (bicyclic) bond motifs is 1. The Hall–Kier alpha value is -3.66. The van der Waals surface area contributed by atoms with Gasteiger partial charge >= 0.3 is 0 Å². The first-order valence-electron chi connectivity index (χ1n) is 9.57. The van der Waals surface area contributed by atoms with E-state index in [4.69, 9.17) is 0 Å². The lowest BCUT2D eigenvalue weighted by molar-refractivity contribution is 0.102. The molecule has 0 saturated heterocycles. The van der Waals surface area contributed by atoms with Gasteiger partial charge in [0.05, 0.1) is 6.54 Å². The van der Waals surface area contributed by atoms with E-state index in [1.54, 1.807) is 22.9 Å². The van der Waals surface area contributed by atoms with Crippen molar-refractivity contribution in [2.45, 2.75) is 20.4 Å². The van der Waals surface area contributed by atoms with E-state index in [1.165, 1.54) is 0 Å². The van der Waals surface area contributed by atoms with Gasteiger partial charge < -0.3 is 9.88 Å². The Morgan fingerprint density at radius 2 is 1.72 bits per heavy atom. The van der Waals surface area contributed by atoms with Gasteiger partial charge in [0.25, 0.3) is 11.5 Å². The molecule has 0 unspecified atom stereocenters. The summed E-state index contributed by atoms with van der Waals surface area (Å²) in [5.74, 6) is -0.401. The Kier molecular flexibility index (Phi) is 5.00. The number of carbonyl (C=O) groups excluding carboxylic acids is 1. The molecule has 3 aromatic carbocycles. The van der Waals surface area contributed by atoms with Gasteiger partial charge in [-0.25, -0.2) is 0 Å². The topological polar surface area (TPSA) is 51.1 Å². The lowest BCUT2D eigenvalue weighted by Crippen LogP contribution is -2.29. The molecule has 0 aliphatic carbocycles. The predicted octanol–water partition coefficient (Wildman–Crippen LogP) is 4.92. The first-order chi connectivity index (χ1) is 14.0. The van der Waals surface area contributed by atoms with Crippen LogP contribution in [-0.2, 0) is 6.54 Å². The van der Waals surface area contributed by atoms with Crippen molar-refractivity contribution < 1.29 is 4.79 Å². The zero-order valence-corrected chi connectivity index (χ0v) is 16.5. The van der Waals surface area contributed by atoms with Gasteiger partial charge in [-0.3, -0.25) is 9.59 Å². The van der Waals surface area contributed by atoms with Gasteiger partial charge in [0.15, 0.2) is 0 Å². The molecule has 1 heterocycles. The monoisotopic (exact) mass is 382 g/mol. The summed E-state index contributed by atoms with van der Waals surface area (Å²) in [5, 5.41) is 4.87. The fourth-order valence-electron chi connectivity index (χ4n) is 3.51. The first kappa shape index (κ1) is 18.7. The molecule has 4 aromatic rings. The van der Waals surface area contributed by atoms with Crippen LogP contribution in [0.4, 0.5) is 5.69 Å². The van der Waals surface area contributed by atoms with Crippen LogP contribution in [0, 0.1) is 13.8 Å². The third-order valence-corrected chi connectivity index (χ3v) is 5.15. The number of anilines is 1. The molecule has 0 saturated carbocycles.